The van der Waals surface area contributed by atoms with Crippen molar-refractivity contribution in [3.05, 3.63) is 126 Å². The number of halogens is 1. The lowest BCUT2D eigenvalue weighted by molar-refractivity contribution is -0.258. The van der Waals surface area contributed by atoms with E-state index in [-0.39, 0.29) is 62.3 Å². The number of amides is 1. The van der Waals surface area contributed by atoms with Crippen molar-refractivity contribution < 1.29 is 38.4 Å². The third kappa shape index (κ3) is 10.7. The Bertz CT molecular complexity index is 2350. The van der Waals surface area contributed by atoms with Crippen molar-refractivity contribution in [1.82, 2.24) is 4.90 Å². The smallest absolute Gasteiger partial charge is 0.239 e. The summed E-state index contributed by atoms with van der Waals surface area (Å²) in [5.74, 6) is 0.258. The zero-order chi connectivity index (χ0) is 46.3. The summed E-state index contributed by atoms with van der Waals surface area (Å²) in [6, 6.07) is 26.1. The zero-order valence-corrected chi connectivity index (χ0v) is 39.1. The number of rotatable bonds is 20. The first-order valence-electron chi connectivity index (χ1n) is 24.5. The van der Waals surface area contributed by atoms with Crippen LogP contribution in [0.2, 0.25) is 0 Å². The maximum atomic E-state index is 15.2. The topological polar surface area (TPSA) is 110 Å². The first kappa shape index (κ1) is 47.5. The predicted molar refractivity (Wildman–Crippen MR) is 258 cm³/mol. The van der Waals surface area contributed by atoms with Crippen LogP contribution in [0.4, 0.5) is 4.39 Å². The zero-order valence-electron chi connectivity index (χ0n) is 39.1. The number of allylic oxidation sites excluding steroid dienone is 1. The number of unbranched alkanes of at least 4 members (excludes halogenated alkanes) is 2. The molecule has 4 aromatic rings. The molecular weight excluding hydrogens is 832 g/mol. The average molecular weight is 901 g/mol. The van der Waals surface area contributed by atoms with E-state index in [2.05, 4.69) is 43.0 Å². The SMILES string of the molecule is C=CCO[C@@]12Oc3ccc(Oc4ccc5ccccc5c4)cc3[C@H]3[C@H](CCCCO)[C@@H](CCCCO)C=C(C(=NOC(C)(C)C)C[C@@H]1N(Cc1ccc(F)cc1)C(=O)CCC1CCCC1)[C@H]32. The summed E-state index contributed by atoms with van der Waals surface area (Å²) >= 11 is 0. The molecule has 10 heteroatoms. The molecule has 1 amide bonds. The molecule has 2 N–H and O–H groups in total. The summed E-state index contributed by atoms with van der Waals surface area (Å²) in [5.41, 5.74) is 2.90. The van der Waals surface area contributed by atoms with Gasteiger partial charge in [-0.2, -0.15) is 0 Å². The van der Waals surface area contributed by atoms with Crippen molar-refractivity contribution in [2.45, 2.75) is 134 Å². The minimum atomic E-state index is -1.41. The van der Waals surface area contributed by atoms with Gasteiger partial charge in [-0.1, -0.05) is 98.3 Å². The van der Waals surface area contributed by atoms with Crippen LogP contribution in [-0.4, -0.2) is 64.0 Å². The van der Waals surface area contributed by atoms with E-state index in [1.807, 2.05) is 56.0 Å². The molecule has 9 nitrogen and oxygen atoms in total. The van der Waals surface area contributed by atoms with Gasteiger partial charge in [0.2, 0.25) is 11.7 Å². The molecule has 1 aliphatic heterocycles. The molecule has 0 radical (unpaired) electrons. The molecule has 4 aromatic carbocycles. The Morgan fingerprint density at radius 3 is 2.35 bits per heavy atom. The Morgan fingerprint density at radius 2 is 1.62 bits per heavy atom. The average Bonchev–Trinajstić information content (AvgIpc) is 3.84. The summed E-state index contributed by atoms with van der Waals surface area (Å²) in [6.45, 7) is 10.6. The van der Waals surface area contributed by atoms with Crippen LogP contribution in [0.25, 0.3) is 10.8 Å². The highest BCUT2D eigenvalue weighted by Crippen LogP contribution is 2.62. The summed E-state index contributed by atoms with van der Waals surface area (Å²) < 4.78 is 35.9. The van der Waals surface area contributed by atoms with Crippen molar-refractivity contribution in [3.63, 3.8) is 0 Å². The number of aliphatic hydroxyl groups is 2. The molecule has 0 unspecified atom stereocenters. The molecule has 0 aromatic heterocycles. The predicted octanol–water partition coefficient (Wildman–Crippen LogP) is 12.2. The molecular formula is C56H69FN2O7. The number of ether oxygens (including phenoxy) is 3. The van der Waals surface area contributed by atoms with Crippen molar-refractivity contribution in [2.24, 2.45) is 28.8 Å². The minimum Gasteiger partial charge on any atom is -0.459 e. The maximum absolute atomic E-state index is 15.2. The van der Waals surface area contributed by atoms with Crippen molar-refractivity contribution in [2.75, 3.05) is 19.8 Å². The Labute approximate surface area is 390 Å². The van der Waals surface area contributed by atoms with Crippen molar-refractivity contribution in [3.8, 4) is 17.2 Å². The number of aliphatic hydroxyl groups excluding tert-OH is 2. The molecule has 0 bridgehead atoms. The maximum Gasteiger partial charge on any atom is 0.239 e. The van der Waals surface area contributed by atoms with E-state index in [0.29, 0.717) is 36.7 Å². The Balaban J connectivity index is 1.32. The number of carbonyl (C=O) groups excluding carboxylic acids is 1. The molecule has 8 rings (SSSR count). The lowest BCUT2D eigenvalue weighted by Gasteiger charge is -2.60. The summed E-state index contributed by atoms with van der Waals surface area (Å²) in [6.07, 6.45) is 14.8. The van der Waals surface area contributed by atoms with E-state index < -0.39 is 23.3 Å². The standard InChI is InChI=1S/C56H69FN2O7/c1-5-32-63-56-51(59(37-39-20-24-43(57)25-21-39)52(62)29-22-38-14-6-7-15-38)36-49(58-66-55(2,3)4)47-34-42(18-10-12-30-60)46(19-11-13-31-61)53(54(47)56)48-35-45(27-28-50(48)65-56)64-44-26-23-40-16-8-9-17-41(40)33-44/h5,8-9,16-17,20-21,23-28,33-35,38,42,46,51,53-54,60-61H,1,6-7,10-15,18-19,22,29-32,36-37H2,2-4H3/t42-,46+,51-,53+,54+,56+/m0/s1. The highest BCUT2D eigenvalue weighted by molar-refractivity contribution is 6.03. The third-order valence-corrected chi connectivity index (χ3v) is 14.2. The number of hydrogen-bond donors (Lipinski definition) is 2. The molecule has 66 heavy (non-hydrogen) atoms. The quantitative estimate of drug-likeness (QED) is 0.0516. The highest BCUT2D eigenvalue weighted by atomic mass is 19.1. The van der Waals surface area contributed by atoms with Crippen LogP contribution >= 0.6 is 0 Å². The number of fused-ring (bicyclic) bond motifs is 3. The normalized spacial score (nSPS) is 24.3. The number of nitrogens with zero attached hydrogens (tertiary/aromatic N) is 2. The van der Waals surface area contributed by atoms with E-state index >= 15 is 4.79 Å². The van der Waals surface area contributed by atoms with Gasteiger partial charge >= 0.3 is 0 Å². The Kier molecular flexibility index (Phi) is 15.3. The molecule has 6 atom stereocenters. The Hall–Kier alpha value is -5.03. The summed E-state index contributed by atoms with van der Waals surface area (Å²) in [4.78, 5) is 23.5. The van der Waals surface area contributed by atoms with Crippen LogP contribution in [0.1, 0.15) is 121 Å². The molecule has 2 fully saturated rings. The first-order valence-corrected chi connectivity index (χ1v) is 24.5. The fourth-order valence-corrected chi connectivity index (χ4v) is 11.2. The van der Waals surface area contributed by atoms with Gasteiger partial charge in [-0.3, -0.25) is 4.79 Å². The van der Waals surface area contributed by atoms with Gasteiger partial charge in [-0.25, -0.2) is 4.39 Å². The van der Waals surface area contributed by atoms with Crippen molar-refractivity contribution in [1.29, 1.82) is 0 Å². The van der Waals surface area contributed by atoms with E-state index in [4.69, 9.17) is 24.2 Å². The van der Waals surface area contributed by atoms with Crippen LogP contribution in [0, 0.1) is 29.5 Å². The van der Waals surface area contributed by atoms with Gasteiger partial charge < -0.3 is 34.2 Å². The number of carbonyl (C=O) groups is 1. The molecule has 0 saturated heterocycles. The summed E-state index contributed by atoms with van der Waals surface area (Å²) in [7, 11) is 0. The van der Waals surface area contributed by atoms with E-state index in [9.17, 15) is 14.6 Å². The molecule has 1 heterocycles. The van der Waals surface area contributed by atoms with E-state index in [1.54, 1.807) is 18.2 Å². The monoisotopic (exact) mass is 901 g/mol. The second kappa shape index (κ2) is 21.3. The number of oxime groups is 1. The van der Waals surface area contributed by atoms with Gasteiger partial charge in [0, 0.05) is 44.1 Å². The van der Waals surface area contributed by atoms with Gasteiger partial charge in [0.05, 0.1) is 18.2 Å². The van der Waals surface area contributed by atoms with Gasteiger partial charge in [-0.05, 0) is 135 Å². The largest absolute Gasteiger partial charge is 0.459 e. The molecule has 2 saturated carbocycles. The molecule has 0 spiro atoms. The van der Waals surface area contributed by atoms with Crippen LogP contribution in [0.3, 0.4) is 0 Å². The van der Waals surface area contributed by atoms with Crippen molar-refractivity contribution >= 4 is 22.4 Å². The fourth-order valence-electron chi connectivity index (χ4n) is 11.2. The van der Waals surface area contributed by atoms with Crippen LogP contribution in [-0.2, 0) is 20.9 Å². The molecule has 3 aliphatic carbocycles. The first-order chi connectivity index (χ1) is 32.0. The van der Waals surface area contributed by atoms with Gasteiger partial charge in [-0.15, -0.1) is 6.58 Å². The molecule has 4 aliphatic rings. The lowest BCUT2D eigenvalue weighted by atomic mass is 9.55. The third-order valence-electron chi connectivity index (χ3n) is 14.2. The second-order valence-corrected chi connectivity index (χ2v) is 19.9. The van der Waals surface area contributed by atoms with E-state index in [1.165, 1.54) is 25.0 Å². The highest BCUT2D eigenvalue weighted by Gasteiger charge is 2.65. The second-order valence-electron chi connectivity index (χ2n) is 19.9. The van der Waals surface area contributed by atoms with E-state index in [0.717, 1.165) is 83.9 Å². The molecule has 352 valence electrons. The minimum absolute atomic E-state index is 0.0106. The van der Waals surface area contributed by atoms with Gasteiger partial charge in [0.15, 0.2) is 0 Å². The fraction of sp³-hybridized carbons (Fsp3) is 0.500. The van der Waals surface area contributed by atoms with Crippen LogP contribution in [0.15, 0.2) is 114 Å². The van der Waals surface area contributed by atoms with Gasteiger partial charge in [0.1, 0.15) is 34.7 Å². The number of benzene rings is 4. The van der Waals surface area contributed by atoms with Crippen LogP contribution < -0.4 is 9.47 Å². The Morgan fingerprint density at radius 1 is 0.909 bits per heavy atom. The van der Waals surface area contributed by atoms with Crippen LogP contribution in [0.5, 0.6) is 17.2 Å². The summed E-state index contributed by atoms with van der Waals surface area (Å²) in [5, 5.41) is 27.3. The lowest BCUT2D eigenvalue weighted by Crippen LogP contribution is -2.70. The van der Waals surface area contributed by atoms with Gasteiger partial charge in [0.25, 0.3) is 0 Å². The number of hydrogen-bond acceptors (Lipinski definition) is 8.